The van der Waals surface area contributed by atoms with Gasteiger partial charge in [0.2, 0.25) is 0 Å². The Hall–Kier alpha value is -1.09. The number of nitrogens with one attached hydrogen (secondary N) is 2. The summed E-state index contributed by atoms with van der Waals surface area (Å²) in [6, 6.07) is 5.97. The van der Waals surface area contributed by atoms with E-state index in [1.165, 1.54) is 25.7 Å². The van der Waals surface area contributed by atoms with Crippen molar-refractivity contribution in [3.63, 3.8) is 0 Å². The zero-order valence-electron chi connectivity index (χ0n) is 10.9. The van der Waals surface area contributed by atoms with Crippen LogP contribution in [0.1, 0.15) is 31.2 Å². The van der Waals surface area contributed by atoms with Crippen LogP contribution in [0, 0.1) is 18.2 Å². The molecule has 2 fully saturated rings. The van der Waals surface area contributed by atoms with Crippen molar-refractivity contribution in [1.82, 2.24) is 5.32 Å². The van der Waals surface area contributed by atoms with Crippen molar-refractivity contribution in [1.29, 1.82) is 0 Å². The zero-order valence-corrected chi connectivity index (χ0v) is 10.9. The van der Waals surface area contributed by atoms with Crippen molar-refractivity contribution in [3.8, 4) is 0 Å². The lowest BCUT2D eigenvalue weighted by molar-refractivity contribution is 0.0718. The summed E-state index contributed by atoms with van der Waals surface area (Å²) >= 11 is 0. The molecule has 1 aromatic carbocycles. The molecule has 0 radical (unpaired) electrons. The molecule has 0 bridgehead atoms. The topological polar surface area (TPSA) is 24.1 Å². The van der Waals surface area contributed by atoms with Crippen LogP contribution in [-0.4, -0.2) is 19.1 Å². The second-order valence-electron chi connectivity index (χ2n) is 5.96. The van der Waals surface area contributed by atoms with Gasteiger partial charge in [-0.3, -0.25) is 0 Å². The third kappa shape index (κ3) is 2.24. The first-order chi connectivity index (χ1) is 8.67. The Bertz CT molecular complexity index is 430. The number of anilines is 1. The molecule has 0 aromatic heterocycles. The molecule has 2 nitrogen and oxygen atoms in total. The highest BCUT2D eigenvalue weighted by atomic mass is 19.1. The van der Waals surface area contributed by atoms with Crippen molar-refractivity contribution >= 4 is 5.69 Å². The Morgan fingerprint density at radius 1 is 1.28 bits per heavy atom. The summed E-state index contributed by atoms with van der Waals surface area (Å²) in [5.74, 6) is -0.115. The van der Waals surface area contributed by atoms with Gasteiger partial charge in [-0.1, -0.05) is 6.07 Å². The lowest BCUT2D eigenvalue weighted by Crippen LogP contribution is -2.50. The summed E-state index contributed by atoms with van der Waals surface area (Å²) < 4.78 is 13.5. The fraction of sp³-hybridized carbons (Fsp3) is 0.600. The minimum atomic E-state index is -0.115. The van der Waals surface area contributed by atoms with Gasteiger partial charge in [0.15, 0.2) is 0 Å². The number of halogens is 1. The number of benzene rings is 1. The van der Waals surface area contributed by atoms with Crippen molar-refractivity contribution in [3.05, 3.63) is 29.6 Å². The molecule has 1 aromatic rings. The molecule has 2 N–H and O–H groups in total. The lowest BCUT2D eigenvalue weighted by atomic mass is 9.60. The van der Waals surface area contributed by atoms with Crippen LogP contribution in [0.4, 0.5) is 10.1 Å². The summed E-state index contributed by atoms with van der Waals surface area (Å²) in [6.07, 6.45) is 5.08. The predicted octanol–water partition coefficient (Wildman–Crippen LogP) is 3.08. The summed E-state index contributed by atoms with van der Waals surface area (Å²) in [5.41, 5.74) is 2.21. The quantitative estimate of drug-likeness (QED) is 0.840. The Balaban J connectivity index is 1.57. The van der Waals surface area contributed by atoms with Gasteiger partial charge in [-0.2, -0.15) is 0 Å². The van der Waals surface area contributed by atoms with Crippen LogP contribution in [-0.2, 0) is 0 Å². The van der Waals surface area contributed by atoms with E-state index in [2.05, 4.69) is 10.6 Å². The highest BCUT2D eigenvalue weighted by Crippen LogP contribution is 2.48. The molecule has 2 aliphatic rings. The highest BCUT2D eigenvalue weighted by Gasteiger charge is 2.44. The average molecular weight is 248 g/mol. The van der Waals surface area contributed by atoms with E-state index in [1.54, 1.807) is 13.0 Å². The first kappa shape index (κ1) is 12.0. The third-order valence-corrected chi connectivity index (χ3v) is 4.57. The first-order valence-corrected chi connectivity index (χ1v) is 6.90. The Morgan fingerprint density at radius 3 is 2.67 bits per heavy atom. The van der Waals surface area contributed by atoms with Crippen molar-refractivity contribution < 1.29 is 4.39 Å². The number of piperidine rings is 1. The van der Waals surface area contributed by atoms with E-state index in [4.69, 9.17) is 0 Å². The molecule has 1 spiro atoms. The van der Waals surface area contributed by atoms with Gasteiger partial charge in [-0.05, 0) is 68.8 Å². The average Bonchev–Trinajstić information content (AvgIpc) is 2.33. The monoisotopic (exact) mass is 248 g/mol. The van der Waals surface area contributed by atoms with Gasteiger partial charge in [0, 0.05) is 11.7 Å². The van der Waals surface area contributed by atoms with Gasteiger partial charge < -0.3 is 10.6 Å². The van der Waals surface area contributed by atoms with Crippen LogP contribution >= 0.6 is 0 Å². The van der Waals surface area contributed by atoms with Crippen LogP contribution in [0.3, 0.4) is 0 Å². The number of rotatable bonds is 2. The molecule has 1 heterocycles. The fourth-order valence-electron chi connectivity index (χ4n) is 3.37. The van der Waals surface area contributed by atoms with E-state index in [0.29, 0.717) is 17.0 Å². The maximum absolute atomic E-state index is 13.5. The van der Waals surface area contributed by atoms with Gasteiger partial charge in [0.25, 0.3) is 0 Å². The summed E-state index contributed by atoms with van der Waals surface area (Å²) in [7, 11) is 0. The van der Waals surface area contributed by atoms with E-state index >= 15 is 0 Å². The van der Waals surface area contributed by atoms with Gasteiger partial charge in [0.05, 0.1) is 0 Å². The van der Waals surface area contributed by atoms with E-state index in [9.17, 15) is 4.39 Å². The Morgan fingerprint density at radius 2 is 2.00 bits per heavy atom. The Labute approximate surface area is 108 Å². The molecule has 0 amide bonds. The van der Waals surface area contributed by atoms with Crippen molar-refractivity contribution in [2.75, 3.05) is 18.4 Å². The predicted molar refractivity (Wildman–Crippen MR) is 72.3 cm³/mol. The van der Waals surface area contributed by atoms with Crippen LogP contribution in [0.2, 0.25) is 0 Å². The first-order valence-electron chi connectivity index (χ1n) is 6.90. The minimum absolute atomic E-state index is 0.115. The second-order valence-corrected chi connectivity index (χ2v) is 5.96. The largest absolute Gasteiger partial charge is 0.382 e. The number of aryl methyl sites for hydroxylation is 1. The SMILES string of the molecule is Cc1ccc(NC2CC3(CCNCC3)C2)cc1F. The van der Waals surface area contributed by atoms with Crippen molar-refractivity contribution in [2.24, 2.45) is 5.41 Å². The molecule has 1 aliphatic heterocycles. The molecule has 0 atom stereocenters. The maximum Gasteiger partial charge on any atom is 0.128 e. The van der Waals surface area contributed by atoms with Gasteiger partial charge >= 0.3 is 0 Å². The molecule has 98 valence electrons. The molecule has 3 heteroatoms. The van der Waals surface area contributed by atoms with Crippen molar-refractivity contribution in [2.45, 2.75) is 38.6 Å². The smallest absolute Gasteiger partial charge is 0.128 e. The van der Waals surface area contributed by atoms with Gasteiger partial charge in [-0.15, -0.1) is 0 Å². The second kappa shape index (κ2) is 4.54. The molecule has 1 saturated carbocycles. The maximum atomic E-state index is 13.5. The molecule has 1 saturated heterocycles. The van der Waals surface area contributed by atoms with E-state index in [1.807, 2.05) is 12.1 Å². The van der Waals surface area contributed by atoms with Crippen LogP contribution < -0.4 is 10.6 Å². The molecular formula is C15H21FN2. The zero-order chi connectivity index (χ0) is 12.6. The van der Waals surface area contributed by atoms with Crippen LogP contribution in [0.25, 0.3) is 0 Å². The summed E-state index contributed by atoms with van der Waals surface area (Å²) in [6.45, 7) is 4.12. The van der Waals surface area contributed by atoms with Crippen LogP contribution in [0.15, 0.2) is 18.2 Å². The lowest BCUT2D eigenvalue weighted by Gasteiger charge is -2.50. The van der Waals surface area contributed by atoms with Crippen LogP contribution in [0.5, 0.6) is 0 Å². The summed E-state index contributed by atoms with van der Waals surface area (Å²) in [4.78, 5) is 0. The summed E-state index contributed by atoms with van der Waals surface area (Å²) in [5, 5.41) is 6.87. The van der Waals surface area contributed by atoms with E-state index in [-0.39, 0.29) is 5.82 Å². The number of hydrogen-bond donors (Lipinski definition) is 2. The third-order valence-electron chi connectivity index (χ3n) is 4.57. The minimum Gasteiger partial charge on any atom is -0.382 e. The molecule has 3 rings (SSSR count). The van der Waals surface area contributed by atoms with E-state index < -0.39 is 0 Å². The molecule has 18 heavy (non-hydrogen) atoms. The molecule has 1 aliphatic carbocycles. The normalized spacial score (nSPS) is 22.8. The standard InChI is InChI=1S/C15H21FN2/c1-11-2-3-12(8-14(11)16)18-13-9-15(10-13)4-6-17-7-5-15/h2-3,8,13,17-18H,4-7,9-10H2,1H3. The fourth-order valence-corrected chi connectivity index (χ4v) is 3.37. The molecular weight excluding hydrogens is 227 g/mol. The van der Waals surface area contributed by atoms with Gasteiger partial charge in [-0.25, -0.2) is 4.39 Å². The molecule has 0 unspecified atom stereocenters. The highest BCUT2D eigenvalue weighted by molar-refractivity contribution is 5.46. The number of hydrogen-bond acceptors (Lipinski definition) is 2. The van der Waals surface area contributed by atoms with Gasteiger partial charge in [0.1, 0.15) is 5.82 Å². The Kier molecular flexibility index (Phi) is 3.02. The van der Waals surface area contributed by atoms with E-state index in [0.717, 1.165) is 18.8 Å².